The molecule has 1 aromatic carbocycles. The Morgan fingerprint density at radius 1 is 1.47 bits per heavy atom. The van der Waals surface area contributed by atoms with Crippen molar-refractivity contribution in [2.45, 2.75) is 11.3 Å². The first-order valence-corrected chi connectivity index (χ1v) is 8.61. The third-order valence-corrected chi connectivity index (χ3v) is 5.06. The molecule has 0 aromatic heterocycles. The minimum absolute atomic E-state index is 0.0311. The molecule has 1 heterocycles. The topological polar surface area (TPSA) is 72.5 Å². The van der Waals surface area contributed by atoms with Gasteiger partial charge in [0.2, 0.25) is 5.91 Å². The minimum Gasteiger partial charge on any atom is -0.381 e. The number of amides is 1. The molecule has 1 N–H and O–H groups in total. The van der Waals surface area contributed by atoms with E-state index in [1.165, 1.54) is 18.2 Å². The molecule has 2 rings (SSSR count). The van der Waals surface area contributed by atoms with Gasteiger partial charge in [0.05, 0.1) is 17.4 Å². The van der Waals surface area contributed by atoms with Crippen molar-refractivity contribution in [1.29, 1.82) is 0 Å². The van der Waals surface area contributed by atoms with Crippen molar-refractivity contribution < 1.29 is 17.9 Å². The van der Waals surface area contributed by atoms with Crippen molar-refractivity contribution in [2.24, 2.45) is 5.92 Å². The summed E-state index contributed by atoms with van der Waals surface area (Å²) in [5.74, 6) is -0.291. The summed E-state index contributed by atoms with van der Waals surface area (Å²) in [5.41, 5.74) is 0.507. The Morgan fingerprint density at radius 2 is 2.21 bits per heavy atom. The van der Waals surface area contributed by atoms with Gasteiger partial charge in [-0.15, -0.1) is 0 Å². The molecule has 1 atom stereocenters. The lowest BCUT2D eigenvalue weighted by molar-refractivity contribution is -0.119. The Hall–Kier alpha value is -0.630. The highest BCUT2D eigenvalue weighted by molar-refractivity contribution is 9.10. The van der Waals surface area contributed by atoms with Crippen LogP contribution in [0.15, 0.2) is 27.6 Å². The van der Waals surface area contributed by atoms with E-state index in [4.69, 9.17) is 15.4 Å². The zero-order valence-electron chi connectivity index (χ0n) is 9.73. The third-order valence-electron chi connectivity index (χ3n) is 2.76. The lowest BCUT2D eigenvalue weighted by Crippen LogP contribution is -2.22. The maximum Gasteiger partial charge on any atom is 0.262 e. The maximum absolute atomic E-state index is 11.9. The number of carbonyl (C=O) groups excluding carboxylic acids is 1. The van der Waals surface area contributed by atoms with Gasteiger partial charge >= 0.3 is 0 Å². The lowest BCUT2D eigenvalue weighted by Gasteiger charge is -2.10. The summed E-state index contributed by atoms with van der Waals surface area (Å²) in [5, 5.41) is 2.72. The molecule has 1 aliphatic heterocycles. The summed E-state index contributed by atoms with van der Waals surface area (Å²) < 4.78 is 27.9. The molecule has 1 aromatic rings. The molecule has 1 saturated heterocycles. The highest BCUT2D eigenvalue weighted by atomic mass is 79.9. The molecular weight excluding hydrogens is 358 g/mol. The van der Waals surface area contributed by atoms with Crippen LogP contribution in [0.5, 0.6) is 0 Å². The molecule has 1 fully saturated rings. The molecule has 0 radical (unpaired) electrons. The SMILES string of the molecule is O=C(Nc1ccc(S(=O)(=O)Cl)c(Br)c1)C1CCOC1. The predicted molar refractivity (Wildman–Crippen MR) is 74.7 cm³/mol. The van der Waals surface area contributed by atoms with E-state index in [1.54, 1.807) is 0 Å². The van der Waals surface area contributed by atoms with Crippen molar-refractivity contribution >= 4 is 47.3 Å². The Balaban J connectivity index is 2.14. The summed E-state index contributed by atoms with van der Waals surface area (Å²) in [6.07, 6.45) is 0.696. The molecule has 0 bridgehead atoms. The summed E-state index contributed by atoms with van der Waals surface area (Å²) in [7, 11) is 1.46. The van der Waals surface area contributed by atoms with E-state index in [0.29, 0.717) is 29.8 Å². The van der Waals surface area contributed by atoms with Crippen LogP contribution in [-0.2, 0) is 18.6 Å². The molecule has 0 aliphatic carbocycles. The van der Waals surface area contributed by atoms with E-state index >= 15 is 0 Å². The van der Waals surface area contributed by atoms with Crippen LogP contribution in [0, 0.1) is 5.92 Å². The maximum atomic E-state index is 11.9. The summed E-state index contributed by atoms with van der Waals surface area (Å²) in [6.45, 7) is 1.01. The average Bonchev–Trinajstić information content (AvgIpc) is 2.80. The Labute approximate surface area is 123 Å². The summed E-state index contributed by atoms with van der Waals surface area (Å²) in [4.78, 5) is 11.8. The number of benzene rings is 1. The van der Waals surface area contributed by atoms with Crippen molar-refractivity contribution in [3.8, 4) is 0 Å². The van der Waals surface area contributed by atoms with Crippen molar-refractivity contribution in [3.63, 3.8) is 0 Å². The fourth-order valence-electron chi connectivity index (χ4n) is 1.76. The predicted octanol–water partition coefficient (Wildman–Crippen LogP) is 2.35. The van der Waals surface area contributed by atoms with Gasteiger partial charge < -0.3 is 10.1 Å². The molecule has 5 nitrogen and oxygen atoms in total. The van der Waals surface area contributed by atoms with E-state index in [2.05, 4.69) is 21.2 Å². The van der Waals surface area contributed by atoms with E-state index in [-0.39, 0.29) is 16.7 Å². The van der Waals surface area contributed by atoms with Crippen LogP contribution in [-0.4, -0.2) is 27.5 Å². The normalized spacial score (nSPS) is 19.4. The molecule has 19 heavy (non-hydrogen) atoms. The summed E-state index contributed by atoms with van der Waals surface area (Å²) in [6, 6.07) is 4.34. The second-order valence-electron chi connectivity index (χ2n) is 4.13. The number of halogens is 2. The van der Waals surface area contributed by atoms with Gasteiger partial charge in [-0.2, -0.15) is 0 Å². The first-order chi connectivity index (χ1) is 8.88. The first kappa shape index (κ1) is 14.8. The van der Waals surface area contributed by atoms with Gasteiger partial charge in [0.25, 0.3) is 9.05 Å². The number of nitrogens with one attached hydrogen (secondary N) is 1. The smallest absolute Gasteiger partial charge is 0.262 e. The number of hydrogen-bond donors (Lipinski definition) is 1. The number of ether oxygens (including phenoxy) is 1. The van der Waals surface area contributed by atoms with Crippen LogP contribution in [0.1, 0.15) is 6.42 Å². The minimum atomic E-state index is -3.80. The highest BCUT2D eigenvalue weighted by Gasteiger charge is 2.24. The van der Waals surface area contributed by atoms with E-state index in [0.717, 1.165) is 0 Å². The first-order valence-electron chi connectivity index (χ1n) is 5.51. The fourth-order valence-corrected chi connectivity index (χ4v) is 3.99. The van der Waals surface area contributed by atoms with Gasteiger partial charge in [-0.3, -0.25) is 4.79 Å². The average molecular weight is 369 g/mol. The summed E-state index contributed by atoms with van der Waals surface area (Å²) >= 11 is 3.12. The monoisotopic (exact) mass is 367 g/mol. The molecule has 0 saturated carbocycles. The second kappa shape index (κ2) is 5.78. The van der Waals surface area contributed by atoms with Gasteiger partial charge in [0.15, 0.2) is 0 Å². The standard InChI is InChI=1S/C11H11BrClNO4S/c12-9-5-8(1-2-10(9)19(13,16)17)14-11(15)7-3-4-18-6-7/h1-2,5,7H,3-4,6H2,(H,14,15). The van der Waals surface area contributed by atoms with Crippen LogP contribution in [0.3, 0.4) is 0 Å². The van der Waals surface area contributed by atoms with Crippen molar-refractivity contribution in [2.75, 3.05) is 18.5 Å². The van der Waals surface area contributed by atoms with E-state index in [1.807, 2.05) is 0 Å². The van der Waals surface area contributed by atoms with Crippen LogP contribution >= 0.6 is 26.6 Å². The molecule has 104 valence electrons. The van der Waals surface area contributed by atoms with Crippen molar-refractivity contribution in [1.82, 2.24) is 0 Å². The molecule has 1 unspecified atom stereocenters. The molecule has 1 aliphatic rings. The number of rotatable bonds is 3. The van der Waals surface area contributed by atoms with Crippen LogP contribution in [0.4, 0.5) is 5.69 Å². The largest absolute Gasteiger partial charge is 0.381 e. The molecular formula is C11H11BrClNO4S. The Morgan fingerprint density at radius 3 is 2.74 bits per heavy atom. The second-order valence-corrected chi connectivity index (χ2v) is 7.52. The van der Waals surface area contributed by atoms with Gasteiger partial charge in [-0.05, 0) is 40.5 Å². The lowest BCUT2D eigenvalue weighted by atomic mass is 10.1. The number of hydrogen-bond acceptors (Lipinski definition) is 4. The number of anilines is 1. The fraction of sp³-hybridized carbons (Fsp3) is 0.364. The highest BCUT2D eigenvalue weighted by Crippen LogP contribution is 2.28. The van der Waals surface area contributed by atoms with E-state index < -0.39 is 9.05 Å². The zero-order valence-corrected chi connectivity index (χ0v) is 12.9. The zero-order chi connectivity index (χ0) is 14.0. The molecule has 0 spiro atoms. The molecule has 8 heteroatoms. The van der Waals surface area contributed by atoms with Gasteiger partial charge in [0, 0.05) is 27.4 Å². The van der Waals surface area contributed by atoms with Crippen LogP contribution in [0.2, 0.25) is 0 Å². The van der Waals surface area contributed by atoms with Crippen molar-refractivity contribution in [3.05, 3.63) is 22.7 Å². The van der Waals surface area contributed by atoms with Gasteiger partial charge in [-0.25, -0.2) is 8.42 Å². The van der Waals surface area contributed by atoms with Crippen LogP contribution < -0.4 is 5.32 Å². The van der Waals surface area contributed by atoms with Crippen LogP contribution in [0.25, 0.3) is 0 Å². The molecule has 1 amide bonds. The third kappa shape index (κ3) is 3.68. The van der Waals surface area contributed by atoms with Gasteiger partial charge in [0.1, 0.15) is 0 Å². The van der Waals surface area contributed by atoms with E-state index in [9.17, 15) is 13.2 Å². The van der Waals surface area contributed by atoms with Gasteiger partial charge in [-0.1, -0.05) is 0 Å². The Kier molecular flexibility index (Phi) is 4.50. The number of carbonyl (C=O) groups is 1. The quantitative estimate of drug-likeness (QED) is 0.831. The Bertz CT molecular complexity index is 599.